The summed E-state index contributed by atoms with van der Waals surface area (Å²) in [6.45, 7) is 8.16. The lowest BCUT2D eigenvalue weighted by atomic mass is 9.94. The van der Waals surface area contributed by atoms with Gasteiger partial charge in [0.25, 0.3) is 18.2 Å². The summed E-state index contributed by atoms with van der Waals surface area (Å²) in [6.07, 6.45) is 7.90. The zero-order chi connectivity index (χ0) is 42.3. The van der Waals surface area contributed by atoms with Crippen LogP contribution in [0.15, 0.2) is 60.1 Å². The maximum atomic E-state index is 14.1. The first-order valence-electron chi connectivity index (χ1n) is 20.3. The lowest BCUT2D eigenvalue weighted by molar-refractivity contribution is -0.0931. The number of aliphatic imine (C=N–C) groups is 1. The normalized spacial score (nSPS) is 15.4. The zero-order valence-corrected chi connectivity index (χ0v) is 34.0. The van der Waals surface area contributed by atoms with Crippen LogP contribution in [-0.4, -0.2) is 78.9 Å². The highest BCUT2D eigenvalue weighted by atomic mass is 16.8. The van der Waals surface area contributed by atoms with Crippen LogP contribution in [0.4, 0.5) is 10.5 Å². The number of hydrogen-bond donors (Lipinski definition) is 4. The number of amidine groups is 1. The number of ether oxygens (including phenoxy) is 5. The number of methoxy groups -OCH3 is 1. The Morgan fingerprint density at radius 2 is 1.71 bits per heavy atom. The monoisotopic (exact) mass is 813 g/mol. The topological polar surface area (TPSA) is 210 Å². The molecule has 59 heavy (non-hydrogen) atoms. The number of aliphatic hydroxyl groups excluding tert-OH is 1. The number of hydrogen-bond acceptors (Lipinski definition) is 12. The van der Waals surface area contributed by atoms with Gasteiger partial charge in [-0.25, -0.2) is 19.6 Å². The Morgan fingerprint density at radius 1 is 0.966 bits per heavy atom. The maximum absolute atomic E-state index is 14.1. The number of aliphatic hydroxyl groups is 1. The Morgan fingerprint density at radius 3 is 2.39 bits per heavy atom. The van der Waals surface area contributed by atoms with Gasteiger partial charge in [0, 0.05) is 47.0 Å². The molecule has 2 saturated carbocycles. The molecule has 0 saturated heterocycles. The molecule has 0 spiro atoms. The van der Waals surface area contributed by atoms with Crippen LogP contribution in [0, 0.1) is 5.92 Å². The molecule has 5 N–H and O–H groups in total. The highest BCUT2D eigenvalue weighted by Crippen LogP contribution is 2.35. The number of carbonyl (C=O) groups is 4. The summed E-state index contributed by atoms with van der Waals surface area (Å²) >= 11 is 0. The lowest BCUT2D eigenvalue weighted by Gasteiger charge is -2.22. The molecule has 2 atom stereocenters. The van der Waals surface area contributed by atoms with Gasteiger partial charge in [-0.3, -0.25) is 9.59 Å². The van der Waals surface area contributed by atoms with E-state index in [-0.39, 0.29) is 40.0 Å². The van der Waals surface area contributed by atoms with Gasteiger partial charge < -0.3 is 45.2 Å². The van der Waals surface area contributed by atoms with Gasteiger partial charge in [0.15, 0.2) is 5.69 Å². The van der Waals surface area contributed by atoms with Crippen LogP contribution in [0.2, 0.25) is 0 Å². The molecule has 3 aromatic rings. The fraction of sp³-hybridized carbons (Fsp3) is 0.455. The Hall–Kier alpha value is -5.80. The van der Waals surface area contributed by atoms with Crippen molar-refractivity contribution in [1.82, 2.24) is 10.3 Å². The van der Waals surface area contributed by atoms with Gasteiger partial charge in [-0.15, -0.1) is 0 Å². The largest absolute Gasteiger partial charge is 0.511 e. The number of benzene rings is 2. The van der Waals surface area contributed by atoms with E-state index in [0.717, 1.165) is 70.6 Å². The van der Waals surface area contributed by atoms with Crippen LogP contribution in [0.1, 0.15) is 127 Å². The molecule has 2 aromatic carbocycles. The van der Waals surface area contributed by atoms with Crippen LogP contribution >= 0.6 is 0 Å². The van der Waals surface area contributed by atoms with Gasteiger partial charge in [0.2, 0.25) is 6.29 Å². The molecule has 15 heteroatoms. The van der Waals surface area contributed by atoms with Crippen molar-refractivity contribution in [3.8, 4) is 16.9 Å². The number of amides is 2. The quantitative estimate of drug-likeness (QED) is 0.0290. The summed E-state index contributed by atoms with van der Waals surface area (Å²) in [4.78, 5) is 62.2. The minimum absolute atomic E-state index is 0.0504. The smallest absolute Gasteiger partial charge is 0.496 e. The van der Waals surface area contributed by atoms with Gasteiger partial charge in [0.05, 0.1) is 13.7 Å². The first kappa shape index (κ1) is 44.3. The summed E-state index contributed by atoms with van der Waals surface area (Å²) < 4.78 is 27.2. The number of unbranched alkanes of at least 4 members (excludes halogenated alkanes) is 3. The number of aromatic nitrogens is 1. The fourth-order valence-corrected chi connectivity index (χ4v) is 6.54. The molecule has 2 aliphatic carbocycles. The first-order valence-corrected chi connectivity index (χ1v) is 20.3. The maximum Gasteiger partial charge on any atom is 0.511 e. The molecule has 15 nitrogen and oxygen atoms in total. The molecular weight excluding hydrogens is 759 g/mol. The van der Waals surface area contributed by atoms with Crippen molar-refractivity contribution in [2.24, 2.45) is 16.6 Å². The number of esters is 1. The minimum Gasteiger partial charge on any atom is -0.496 e. The molecule has 5 rings (SSSR count). The molecular formula is C44H55N5O10. The predicted molar refractivity (Wildman–Crippen MR) is 222 cm³/mol. The van der Waals surface area contributed by atoms with E-state index in [2.05, 4.69) is 34.1 Å². The van der Waals surface area contributed by atoms with E-state index in [0.29, 0.717) is 41.6 Å². The van der Waals surface area contributed by atoms with E-state index < -0.39 is 36.6 Å². The van der Waals surface area contributed by atoms with Crippen LogP contribution in [-0.2, 0) is 18.9 Å². The zero-order valence-electron chi connectivity index (χ0n) is 34.0. The standard InChI is InChI=1S/C44H55N5O10/c1-5-7-8-12-23-56-43(53)49-39(45)30-17-19-31(20-18-30)47-40(50)35-24-29(6-2)37(55-4)25-34(35)33-21-22-36(41(51)46-26-28-15-16-28)48-38(33)42(52)57-27(3)58-44(54)59-32-13-10-9-11-14-32/h6,17-22,24-25,27-28,32,43,53H,2,5,7-16,23,26H2,1,3-4H3,(H2,45,49)(H,46,51)(H,47,50). The minimum atomic E-state index is -1.41. The van der Waals surface area contributed by atoms with Crippen LogP contribution in [0.25, 0.3) is 17.2 Å². The van der Waals surface area contributed by atoms with E-state index in [1.54, 1.807) is 36.4 Å². The third-order valence-electron chi connectivity index (χ3n) is 10.00. The number of nitrogens with zero attached hydrogens (tertiary/aromatic N) is 2. The summed E-state index contributed by atoms with van der Waals surface area (Å²) in [7, 11) is 1.45. The van der Waals surface area contributed by atoms with E-state index in [1.165, 1.54) is 32.2 Å². The first-order chi connectivity index (χ1) is 28.5. The number of anilines is 1. The molecule has 2 amide bonds. The van der Waals surface area contributed by atoms with Gasteiger partial charge in [0.1, 0.15) is 23.4 Å². The second kappa shape index (κ2) is 21.8. The Balaban J connectivity index is 1.40. The summed E-state index contributed by atoms with van der Waals surface area (Å²) in [6, 6.07) is 12.6. The predicted octanol–water partition coefficient (Wildman–Crippen LogP) is 7.36. The number of pyridine rings is 1. The number of nitrogens with one attached hydrogen (secondary N) is 2. The van der Waals surface area contributed by atoms with Crippen LogP contribution < -0.4 is 21.1 Å². The number of nitrogens with two attached hydrogens (primary N) is 1. The Labute approximate surface area is 344 Å². The van der Waals surface area contributed by atoms with Crippen LogP contribution in [0.3, 0.4) is 0 Å². The Bertz CT molecular complexity index is 1970. The second-order valence-corrected chi connectivity index (χ2v) is 14.6. The van der Waals surface area contributed by atoms with Crippen molar-refractivity contribution in [2.45, 2.75) is 103 Å². The number of carbonyl (C=O) groups excluding carboxylic acids is 4. The highest BCUT2D eigenvalue weighted by Gasteiger charge is 2.28. The molecule has 316 valence electrons. The van der Waals surface area contributed by atoms with Gasteiger partial charge in [-0.05, 0) is 99.4 Å². The van der Waals surface area contributed by atoms with Crippen molar-refractivity contribution in [3.05, 3.63) is 83.2 Å². The molecule has 2 aliphatic rings. The van der Waals surface area contributed by atoms with E-state index in [9.17, 15) is 24.3 Å². The van der Waals surface area contributed by atoms with Crippen molar-refractivity contribution < 1.29 is 48.0 Å². The van der Waals surface area contributed by atoms with Gasteiger partial charge >= 0.3 is 12.1 Å². The van der Waals surface area contributed by atoms with Gasteiger partial charge in [-0.2, -0.15) is 0 Å². The molecule has 1 heterocycles. The molecule has 2 unspecified atom stereocenters. The molecule has 1 aromatic heterocycles. The summed E-state index contributed by atoms with van der Waals surface area (Å²) in [5.74, 6) is -1.30. The SMILES string of the molecule is C=Cc1cc(C(=O)Nc2ccc(/C(N)=N\C(O)OCCCCCC)cc2)c(-c2ccc(C(=O)NCC3CC3)nc2C(=O)OC(C)OC(=O)OC2CCCCC2)cc1OC. The molecule has 0 aliphatic heterocycles. The van der Waals surface area contributed by atoms with Gasteiger partial charge in [-0.1, -0.05) is 45.3 Å². The lowest BCUT2D eigenvalue weighted by Crippen LogP contribution is -2.28. The van der Waals surface area contributed by atoms with Crippen molar-refractivity contribution in [1.29, 1.82) is 0 Å². The Kier molecular flexibility index (Phi) is 16.4. The van der Waals surface area contributed by atoms with Crippen molar-refractivity contribution in [3.63, 3.8) is 0 Å². The highest BCUT2D eigenvalue weighted by molar-refractivity contribution is 6.11. The fourth-order valence-electron chi connectivity index (χ4n) is 6.54. The number of rotatable bonds is 20. The molecule has 0 radical (unpaired) electrons. The average Bonchev–Trinajstić information content (AvgIpc) is 4.07. The van der Waals surface area contributed by atoms with Crippen LogP contribution in [0.5, 0.6) is 5.75 Å². The van der Waals surface area contributed by atoms with E-state index in [4.69, 9.17) is 29.4 Å². The summed E-state index contributed by atoms with van der Waals surface area (Å²) in [5.41, 5.74) is 7.59. The second-order valence-electron chi connectivity index (χ2n) is 14.6. The van der Waals surface area contributed by atoms with E-state index >= 15 is 0 Å². The molecule has 0 bridgehead atoms. The van der Waals surface area contributed by atoms with Crippen molar-refractivity contribution in [2.75, 3.05) is 25.6 Å². The summed E-state index contributed by atoms with van der Waals surface area (Å²) in [5, 5.41) is 15.9. The third-order valence-corrected chi connectivity index (χ3v) is 10.00. The van der Waals surface area contributed by atoms with E-state index in [1.807, 2.05) is 0 Å². The van der Waals surface area contributed by atoms with Crippen molar-refractivity contribution >= 4 is 41.5 Å². The third kappa shape index (κ3) is 13.1. The average molecular weight is 814 g/mol. The molecule has 2 fully saturated rings.